The minimum atomic E-state index is -6.18. The molecule has 2 heterocycles. The average Bonchev–Trinajstić information content (AvgIpc) is 3.22. The molecule has 0 unspecified atom stereocenters. The van der Waals surface area contributed by atoms with Crippen molar-refractivity contribution in [1.29, 1.82) is 0 Å². The number of hydrogen-bond donors (Lipinski definition) is 2. The lowest BCUT2D eigenvalue weighted by Crippen LogP contribution is -2.54. The topological polar surface area (TPSA) is 121 Å². The van der Waals surface area contributed by atoms with Gasteiger partial charge in [0.1, 0.15) is 11.9 Å². The third-order valence-corrected chi connectivity index (χ3v) is 9.16. The average molecular weight is 648 g/mol. The summed E-state index contributed by atoms with van der Waals surface area (Å²) in [7, 11) is -4.80. The van der Waals surface area contributed by atoms with Gasteiger partial charge in [0, 0.05) is 18.5 Å². The minimum absolute atomic E-state index is 0.0925. The van der Waals surface area contributed by atoms with Crippen molar-refractivity contribution in [2.24, 2.45) is 5.73 Å². The van der Waals surface area contributed by atoms with Gasteiger partial charge >= 0.3 is 12.4 Å². The van der Waals surface area contributed by atoms with E-state index in [-0.39, 0.29) is 36.7 Å². The second-order valence-corrected chi connectivity index (χ2v) is 12.0. The van der Waals surface area contributed by atoms with Crippen molar-refractivity contribution in [3.05, 3.63) is 58.9 Å². The number of benzene rings is 2. The molecular weight excluding hydrogens is 625 g/mol. The lowest BCUT2D eigenvalue weighted by molar-refractivity contribution is -0.376. The van der Waals surface area contributed by atoms with Gasteiger partial charge in [-0.15, -0.1) is 0 Å². The van der Waals surface area contributed by atoms with Gasteiger partial charge in [-0.05, 0) is 48.2 Å². The lowest BCUT2D eigenvalue weighted by atomic mass is 9.89. The largest absolute Gasteiger partial charge is 0.430 e. The molecule has 8 nitrogen and oxygen atoms in total. The van der Waals surface area contributed by atoms with Crippen molar-refractivity contribution in [3.63, 3.8) is 0 Å². The molecule has 236 valence electrons. The van der Waals surface area contributed by atoms with E-state index in [1.54, 1.807) is 0 Å². The first-order valence-corrected chi connectivity index (χ1v) is 13.8. The van der Waals surface area contributed by atoms with Crippen molar-refractivity contribution >= 4 is 27.5 Å². The Labute approximate surface area is 237 Å². The summed E-state index contributed by atoms with van der Waals surface area (Å²) < 4.78 is 151. The number of halogens is 9. The van der Waals surface area contributed by atoms with Crippen molar-refractivity contribution in [3.8, 4) is 0 Å². The predicted molar refractivity (Wildman–Crippen MR) is 130 cm³/mol. The molecule has 2 aliphatic rings. The van der Waals surface area contributed by atoms with Crippen LogP contribution in [0.4, 0.5) is 45.2 Å². The van der Waals surface area contributed by atoms with Crippen LogP contribution < -0.4 is 10.0 Å². The molecule has 0 aromatic heterocycles. The SMILES string of the molecule is NC(=O)[C@@H]1CC(F)(F)CN1C(=O)Cc1cc(F)ccc1S(=O)(=O)N1CCCc2cc(C(O)(C(F)(F)F)C(F)(F)F)ccc21. The predicted octanol–water partition coefficient (Wildman–Crippen LogP) is 3.54. The summed E-state index contributed by atoms with van der Waals surface area (Å²) in [4.78, 5) is 24.3. The second kappa shape index (κ2) is 10.6. The number of amides is 2. The molecule has 2 aliphatic heterocycles. The van der Waals surface area contributed by atoms with Crippen LogP contribution >= 0.6 is 0 Å². The molecule has 0 spiro atoms. The minimum Gasteiger partial charge on any atom is -0.369 e. The van der Waals surface area contributed by atoms with E-state index < -0.39 is 93.0 Å². The number of carbonyl (C=O) groups is 2. The molecule has 18 heteroatoms. The number of aliphatic hydroxyl groups is 1. The number of rotatable bonds is 6. The number of nitrogens with two attached hydrogens (primary N) is 1. The fourth-order valence-electron chi connectivity index (χ4n) is 5.18. The highest BCUT2D eigenvalue weighted by Crippen LogP contribution is 2.51. The van der Waals surface area contributed by atoms with E-state index in [0.29, 0.717) is 33.5 Å². The molecule has 4 rings (SSSR count). The summed E-state index contributed by atoms with van der Waals surface area (Å²) in [6.45, 7) is -1.54. The Kier molecular flexibility index (Phi) is 7.96. The summed E-state index contributed by atoms with van der Waals surface area (Å²) in [5, 5.41) is 9.75. The number of likely N-dealkylation sites (tertiary alicyclic amines) is 1. The molecule has 0 bridgehead atoms. The summed E-state index contributed by atoms with van der Waals surface area (Å²) >= 11 is 0. The molecule has 2 aromatic carbocycles. The number of primary amides is 1. The van der Waals surface area contributed by atoms with Crippen molar-refractivity contribution < 1.29 is 62.6 Å². The Hall–Kier alpha value is -3.54. The highest BCUT2D eigenvalue weighted by atomic mass is 32.2. The van der Waals surface area contributed by atoms with Gasteiger partial charge in [-0.3, -0.25) is 13.9 Å². The molecule has 0 radical (unpaired) electrons. The van der Waals surface area contributed by atoms with E-state index in [9.17, 15) is 62.6 Å². The number of nitrogens with zero attached hydrogens (tertiary/aromatic N) is 2. The van der Waals surface area contributed by atoms with E-state index in [1.807, 2.05) is 0 Å². The molecule has 1 fully saturated rings. The van der Waals surface area contributed by atoms with Crippen LogP contribution in [0.3, 0.4) is 0 Å². The summed E-state index contributed by atoms with van der Waals surface area (Å²) in [5.41, 5.74) is -2.87. The fourth-order valence-corrected chi connectivity index (χ4v) is 6.93. The standard InChI is InChI=1S/C25H22F9N3O5S/c26-16-4-6-19(14(9-16)10-20(38)36-12-22(27,28)11-18(36)21(35)39)43(41,42)37-7-1-2-13-8-15(3-5-17(13)37)23(40,24(29,30)31)25(32,33)34/h3-6,8-9,18,40H,1-2,7,10-12H2,(H2,35,39)/t18-/m0/s1. The number of fused-ring (bicyclic) bond motifs is 1. The normalized spacial score (nSPS) is 19.3. The van der Waals surface area contributed by atoms with Crippen LogP contribution in [0.5, 0.6) is 0 Å². The van der Waals surface area contributed by atoms with Crippen LogP contribution in [0, 0.1) is 5.82 Å². The van der Waals surface area contributed by atoms with Gasteiger partial charge in [-0.25, -0.2) is 21.6 Å². The Morgan fingerprint density at radius 2 is 1.65 bits per heavy atom. The quantitative estimate of drug-likeness (QED) is 0.465. The first kappa shape index (κ1) is 32.4. The van der Waals surface area contributed by atoms with Gasteiger partial charge in [0.15, 0.2) is 0 Å². The Balaban J connectivity index is 1.73. The summed E-state index contributed by atoms with van der Waals surface area (Å²) in [6.07, 6.45) is -14.7. The molecule has 43 heavy (non-hydrogen) atoms. The van der Waals surface area contributed by atoms with E-state index in [1.165, 1.54) is 0 Å². The van der Waals surface area contributed by atoms with Gasteiger partial charge < -0.3 is 15.7 Å². The smallest absolute Gasteiger partial charge is 0.369 e. The zero-order valence-corrected chi connectivity index (χ0v) is 22.5. The van der Waals surface area contributed by atoms with Crippen molar-refractivity contribution in [2.45, 2.75) is 60.5 Å². The maximum absolute atomic E-state index is 14.2. The molecule has 2 aromatic rings. The number of carbonyl (C=O) groups excluding carboxylic acids is 2. The molecular formula is C25H22F9N3O5S. The van der Waals surface area contributed by atoms with E-state index in [4.69, 9.17) is 5.73 Å². The molecule has 0 saturated carbocycles. The number of alkyl halides is 8. The molecule has 0 aliphatic carbocycles. The second-order valence-electron chi connectivity index (χ2n) is 10.2. The fraction of sp³-hybridized carbons (Fsp3) is 0.440. The summed E-state index contributed by atoms with van der Waals surface area (Å²) in [5.74, 6) is -6.93. The van der Waals surface area contributed by atoms with Crippen LogP contribution in [0.1, 0.15) is 29.5 Å². The molecule has 2 amide bonds. The van der Waals surface area contributed by atoms with Gasteiger partial charge in [0.2, 0.25) is 11.8 Å². The molecule has 1 saturated heterocycles. The van der Waals surface area contributed by atoms with E-state index in [0.717, 1.165) is 6.07 Å². The van der Waals surface area contributed by atoms with Crippen LogP contribution in [0.15, 0.2) is 41.3 Å². The Morgan fingerprint density at radius 3 is 2.23 bits per heavy atom. The van der Waals surface area contributed by atoms with Gasteiger partial charge in [0.05, 0.1) is 23.5 Å². The number of hydrogen-bond acceptors (Lipinski definition) is 5. The summed E-state index contributed by atoms with van der Waals surface area (Å²) in [6, 6.07) is 1.71. The molecule has 3 N–H and O–H groups in total. The Bertz CT molecular complexity index is 1550. The van der Waals surface area contributed by atoms with E-state index in [2.05, 4.69) is 0 Å². The van der Waals surface area contributed by atoms with Gasteiger partial charge in [0.25, 0.3) is 21.5 Å². The van der Waals surface area contributed by atoms with Gasteiger partial charge in [-0.1, -0.05) is 12.1 Å². The zero-order valence-electron chi connectivity index (χ0n) is 21.6. The van der Waals surface area contributed by atoms with Crippen LogP contribution in [0.25, 0.3) is 0 Å². The van der Waals surface area contributed by atoms with Crippen molar-refractivity contribution in [2.75, 3.05) is 17.4 Å². The maximum Gasteiger partial charge on any atom is 0.430 e. The highest BCUT2D eigenvalue weighted by molar-refractivity contribution is 7.92. The van der Waals surface area contributed by atoms with Crippen LogP contribution in [-0.2, 0) is 38.1 Å². The lowest BCUT2D eigenvalue weighted by Gasteiger charge is -2.35. The van der Waals surface area contributed by atoms with Crippen LogP contribution in [-0.4, -0.2) is 67.6 Å². The Morgan fingerprint density at radius 1 is 1.02 bits per heavy atom. The number of aryl methyl sites for hydroxylation is 1. The number of anilines is 1. The van der Waals surface area contributed by atoms with Gasteiger partial charge in [-0.2, -0.15) is 26.3 Å². The first-order valence-electron chi connectivity index (χ1n) is 12.4. The van der Waals surface area contributed by atoms with Crippen molar-refractivity contribution in [1.82, 2.24) is 4.90 Å². The third kappa shape index (κ3) is 5.73. The maximum atomic E-state index is 14.2. The zero-order chi connectivity index (χ0) is 32.3. The van der Waals surface area contributed by atoms with E-state index >= 15 is 0 Å². The third-order valence-electron chi connectivity index (χ3n) is 7.24. The monoisotopic (exact) mass is 647 g/mol. The number of sulfonamides is 1. The van der Waals surface area contributed by atoms with Crippen LogP contribution in [0.2, 0.25) is 0 Å². The highest BCUT2D eigenvalue weighted by Gasteiger charge is 2.71. The first-order chi connectivity index (χ1) is 19.6. The molecule has 1 atom stereocenters.